The van der Waals surface area contributed by atoms with Gasteiger partial charge in [0.15, 0.2) is 0 Å². The van der Waals surface area contributed by atoms with Gasteiger partial charge in [-0.3, -0.25) is 19.1 Å². The van der Waals surface area contributed by atoms with Gasteiger partial charge >= 0.3 is 6.03 Å². The molecule has 1 aromatic carbocycles. The summed E-state index contributed by atoms with van der Waals surface area (Å²) in [5.41, 5.74) is 0.219. The molecule has 4 N–H and O–H groups in total. The Labute approximate surface area is 311 Å². The lowest BCUT2D eigenvalue weighted by Crippen LogP contribution is -2.59. The van der Waals surface area contributed by atoms with Gasteiger partial charge < -0.3 is 25.6 Å². The van der Waals surface area contributed by atoms with E-state index in [-0.39, 0.29) is 19.4 Å². The van der Waals surface area contributed by atoms with Gasteiger partial charge in [0.05, 0.1) is 22.5 Å². The Morgan fingerprint density at radius 3 is 2.66 bits per heavy atom. The number of allylic oxidation sites excluding steroid dienone is 1. The van der Waals surface area contributed by atoms with Gasteiger partial charge in [0, 0.05) is 29.8 Å². The van der Waals surface area contributed by atoms with E-state index >= 15 is 0 Å². The lowest BCUT2D eigenvalue weighted by molar-refractivity contribution is -0.141. The molecule has 2 aromatic rings. The molecule has 3 aliphatic heterocycles. The van der Waals surface area contributed by atoms with Crippen molar-refractivity contribution >= 4 is 44.7 Å². The summed E-state index contributed by atoms with van der Waals surface area (Å²) >= 11 is 0. The fourth-order valence-electron chi connectivity index (χ4n) is 8.23. The van der Waals surface area contributed by atoms with Crippen molar-refractivity contribution in [2.45, 2.75) is 132 Å². The number of fused-ring (bicyclic) bond motifs is 5. The van der Waals surface area contributed by atoms with Crippen molar-refractivity contribution in [3.8, 4) is 5.75 Å². The Hall–Kier alpha value is -4.20. The largest absolute Gasteiger partial charge is 0.483 e. The SMILES string of the molecule is CCCCNC(=O)N[C@H]1CCCCC/C=C\[C@@H]2C[C@@]2(C(=O)NS(=O)(=O)C2(C)CC2)NC(=O)[C@@H]2C[C@]3(CCc4c(c(C)nc5ccccc45)O3)CN2C1=O. The van der Waals surface area contributed by atoms with Crippen LogP contribution in [0.5, 0.6) is 5.75 Å². The van der Waals surface area contributed by atoms with Crippen LogP contribution in [0.2, 0.25) is 0 Å². The fraction of sp³-hybridized carbons (Fsp3) is 0.615. The summed E-state index contributed by atoms with van der Waals surface area (Å²) < 4.78 is 34.5. The number of unbranched alkanes of at least 4 members (excludes halogenated alkanes) is 1. The first-order valence-electron chi connectivity index (χ1n) is 19.3. The summed E-state index contributed by atoms with van der Waals surface area (Å²) in [5.74, 6) is -1.46. The summed E-state index contributed by atoms with van der Waals surface area (Å²) in [6.07, 6.45) is 11.5. The predicted molar refractivity (Wildman–Crippen MR) is 199 cm³/mol. The second-order valence-electron chi connectivity index (χ2n) is 16.0. The van der Waals surface area contributed by atoms with E-state index in [2.05, 4.69) is 20.7 Å². The average Bonchev–Trinajstić information content (AvgIpc) is 4.02. The van der Waals surface area contributed by atoms with Gasteiger partial charge in [0.1, 0.15) is 29.0 Å². The van der Waals surface area contributed by atoms with E-state index in [4.69, 9.17) is 9.72 Å². The van der Waals surface area contributed by atoms with Gasteiger partial charge in [-0.15, -0.1) is 0 Å². The Bertz CT molecular complexity index is 1950. The highest BCUT2D eigenvalue weighted by molar-refractivity contribution is 7.91. The number of hydrogen-bond donors (Lipinski definition) is 4. The highest BCUT2D eigenvalue weighted by Gasteiger charge is 2.64. The van der Waals surface area contributed by atoms with Crippen LogP contribution in [0, 0.1) is 12.8 Å². The third kappa shape index (κ3) is 7.23. The van der Waals surface area contributed by atoms with Crippen molar-refractivity contribution in [3.63, 3.8) is 0 Å². The molecule has 5 amide bonds. The number of nitrogens with one attached hydrogen (secondary N) is 4. The number of sulfonamides is 1. The Balaban J connectivity index is 1.22. The zero-order valence-electron chi connectivity index (χ0n) is 31.0. The molecule has 4 heterocycles. The number of aryl methyl sites for hydroxylation is 2. The second-order valence-corrected chi connectivity index (χ2v) is 18.2. The molecular weight excluding hydrogens is 697 g/mol. The molecule has 1 aromatic heterocycles. The fourth-order valence-corrected chi connectivity index (χ4v) is 9.54. The maximum absolute atomic E-state index is 14.7. The average molecular weight is 749 g/mol. The van der Waals surface area contributed by atoms with E-state index in [1.807, 2.05) is 50.3 Å². The number of aromatic nitrogens is 1. The normalized spacial score (nSPS) is 30.0. The van der Waals surface area contributed by atoms with Gasteiger partial charge in [-0.05, 0) is 77.7 Å². The van der Waals surface area contributed by atoms with E-state index < -0.39 is 67.7 Å². The number of carbonyl (C=O) groups is 4. The minimum atomic E-state index is -3.97. The number of hydrogen-bond acceptors (Lipinski definition) is 8. The highest BCUT2D eigenvalue weighted by atomic mass is 32.2. The number of nitrogens with zero attached hydrogens (tertiary/aromatic N) is 2. The van der Waals surface area contributed by atoms with E-state index in [0.717, 1.165) is 54.3 Å². The van der Waals surface area contributed by atoms with Crippen LogP contribution >= 0.6 is 0 Å². The molecule has 0 radical (unpaired) electrons. The Kier molecular flexibility index (Phi) is 9.96. The zero-order chi connectivity index (χ0) is 37.6. The topological polar surface area (TPSA) is 176 Å². The zero-order valence-corrected chi connectivity index (χ0v) is 31.8. The summed E-state index contributed by atoms with van der Waals surface area (Å²) in [7, 11) is -3.97. The molecule has 3 fully saturated rings. The van der Waals surface area contributed by atoms with Crippen LogP contribution in [0.3, 0.4) is 0 Å². The minimum absolute atomic E-state index is 0.0977. The number of rotatable bonds is 7. The van der Waals surface area contributed by atoms with Crippen LogP contribution in [0.4, 0.5) is 4.79 Å². The Morgan fingerprint density at radius 2 is 1.89 bits per heavy atom. The lowest BCUT2D eigenvalue weighted by atomic mass is 9.87. The minimum Gasteiger partial charge on any atom is -0.483 e. The first kappa shape index (κ1) is 37.1. The molecule has 2 saturated carbocycles. The van der Waals surface area contributed by atoms with Crippen LogP contribution in [0.25, 0.3) is 10.9 Å². The van der Waals surface area contributed by atoms with Gasteiger partial charge in [-0.25, -0.2) is 18.2 Å². The number of ether oxygens (including phenoxy) is 1. The van der Waals surface area contributed by atoms with Crippen molar-refractivity contribution < 1.29 is 32.3 Å². The smallest absolute Gasteiger partial charge is 0.315 e. The molecule has 5 aliphatic rings. The molecule has 7 rings (SSSR count). The third-order valence-electron chi connectivity index (χ3n) is 12.0. The summed E-state index contributed by atoms with van der Waals surface area (Å²) in [6.45, 7) is 6.11. The number of carbonyl (C=O) groups excluding carboxylic acids is 4. The molecule has 0 bridgehead atoms. The van der Waals surface area contributed by atoms with E-state index in [9.17, 15) is 27.6 Å². The molecule has 13 nitrogen and oxygen atoms in total. The summed E-state index contributed by atoms with van der Waals surface area (Å²) in [4.78, 5) is 62.5. The van der Waals surface area contributed by atoms with Crippen LogP contribution in [0.15, 0.2) is 36.4 Å². The van der Waals surface area contributed by atoms with Gasteiger partial charge in [-0.2, -0.15) is 0 Å². The van der Waals surface area contributed by atoms with Crippen molar-refractivity contribution in [2.24, 2.45) is 5.92 Å². The molecule has 0 unspecified atom stereocenters. The molecule has 2 aliphatic carbocycles. The predicted octanol–water partition coefficient (Wildman–Crippen LogP) is 4.07. The number of urea groups is 1. The van der Waals surface area contributed by atoms with Crippen molar-refractivity contribution in [2.75, 3.05) is 13.1 Å². The third-order valence-corrected chi connectivity index (χ3v) is 14.2. The molecule has 5 atom stereocenters. The van der Waals surface area contributed by atoms with Crippen molar-refractivity contribution in [3.05, 3.63) is 47.7 Å². The first-order valence-corrected chi connectivity index (χ1v) is 20.8. The summed E-state index contributed by atoms with van der Waals surface area (Å²) in [6, 6.07) is 5.54. The van der Waals surface area contributed by atoms with Crippen LogP contribution in [-0.2, 0) is 30.8 Å². The number of benzene rings is 1. The quantitative estimate of drug-likeness (QED) is 0.242. The van der Waals surface area contributed by atoms with Crippen LogP contribution < -0.4 is 25.4 Å². The molecular formula is C39H52N6O7S. The second kappa shape index (κ2) is 14.2. The van der Waals surface area contributed by atoms with Crippen LogP contribution in [-0.4, -0.2) is 83.1 Å². The monoisotopic (exact) mass is 748 g/mol. The Morgan fingerprint density at radius 1 is 1.09 bits per heavy atom. The number of pyridine rings is 1. The lowest BCUT2D eigenvalue weighted by Gasteiger charge is -2.36. The molecule has 53 heavy (non-hydrogen) atoms. The van der Waals surface area contributed by atoms with Gasteiger partial charge in [0.2, 0.25) is 21.8 Å². The number of amides is 5. The van der Waals surface area contributed by atoms with E-state index in [1.54, 1.807) is 6.92 Å². The molecule has 14 heteroatoms. The van der Waals surface area contributed by atoms with Crippen molar-refractivity contribution in [1.82, 2.24) is 30.6 Å². The van der Waals surface area contributed by atoms with Gasteiger partial charge in [-0.1, -0.05) is 56.5 Å². The molecule has 286 valence electrons. The maximum Gasteiger partial charge on any atom is 0.315 e. The number of para-hydroxylation sites is 1. The highest BCUT2D eigenvalue weighted by Crippen LogP contribution is 2.49. The molecule has 1 saturated heterocycles. The molecule has 1 spiro atoms. The summed E-state index contributed by atoms with van der Waals surface area (Å²) in [5, 5.41) is 9.71. The van der Waals surface area contributed by atoms with E-state index in [1.165, 1.54) is 4.90 Å². The van der Waals surface area contributed by atoms with Crippen molar-refractivity contribution in [1.29, 1.82) is 0 Å². The van der Waals surface area contributed by atoms with Crippen LogP contribution in [0.1, 0.15) is 102 Å². The first-order chi connectivity index (χ1) is 25.3. The maximum atomic E-state index is 14.7. The van der Waals surface area contributed by atoms with E-state index in [0.29, 0.717) is 50.8 Å². The van der Waals surface area contributed by atoms with Gasteiger partial charge in [0.25, 0.3) is 5.91 Å². The standard InChI is InChI=1S/C39H52N6O7S/c1-4-5-21-40-36(49)42-30-16-10-8-6-7-9-13-26-22-39(26,35(48)44-53(50,51)37(3)19-20-37)43-33(46)31-23-38(24-45(31)34(30)47)18-17-28-27-14-11-12-15-29(27)41-25(2)32(28)52-38/h9,11-15,26,30-31H,4-8,10,16-24H2,1-3H3,(H,43,46)(H,44,48)(H2,40,42,49)/b13-9-/t26-,30+,31+,38-,39-/m1/s1.